The molecule has 0 aromatic heterocycles. The number of carboxylic acids is 2. The minimum atomic E-state index is -1.08. The lowest BCUT2D eigenvalue weighted by Crippen LogP contribution is -2.00. The summed E-state index contributed by atoms with van der Waals surface area (Å²) in [5.74, 6) is -2.15. The highest BCUT2D eigenvalue weighted by Crippen LogP contribution is 1.86. The SMILES string of the molecule is C=C(C)C.N.O=C(O)CCC(=O)O. The first-order chi connectivity index (χ1) is 5.36. The van der Waals surface area contributed by atoms with Crippen molar-refractivity contribution in [3.63, 3.8) is 0 Å². The van der Waals surface area contributed by atoms with E-state index in [-0.39, 0.29) is 19.0 Å². The Kier molecular flexibility index (Phi) is 14.4. The predicted molar refractivity (Wildman–Crippen MR) is 50.0 cm³/mol. The van der Waals surface area contributed by atoms with Crippen LogP contribution in [0.2, 0.25) is 0 Å². The van der Waals surface area contributed by atoms with E-state index in [1.165, 1.54) is 5.57 Å². The zero-order valence-electron chi connectivity index (χ0n) is 8.04. The third-order valence-corrected chi connectivity index (χ3v) is 0.553. The molecule has 0 rings (SSSR count). The Hall–Kier alpha value is -1.36. The zero-order chi connectivity index (χ0) is 10.1. The number of hydrogen-bond donors (Lipinski definition) is 3. The van der Waals surface area contributed by atoms with Crippen LogP contribution >= 0.6 is 0 Å². The van der Waals surface area contributed by atoms with Gasteiger partial charge >= 0.3 is 11.9 Å². The molecule has 0 saturated heterocycles. The molecule has 0 fully saturated rings. The van der Waals surface area contributed by atoms with Crippen LogP contribution in [0.25, 0.3) is 0 Å². The van der Waals surface area contributed by atoms with Gasteiger partial charge in [-0.15, -0.1) is 6.58 Å². The van der Waals surface area contributed by atoms with Crippen molar-refractivity contribution in [1.82, 2.24) is 6.15 Å². The van der Waals surface area contributed by atoms with Gasteiger partial charge < -0.3 is 16.4 Å². The Bertz CT molecular complexity index is 159. The highest BCUT2D eigenvalue weighted by molar-refractivity contribution is 5.75. The standard InChI is InChI=1S/C4H6O4.C4H8.H3N/c5-3(6)1-2-4(7)8;1-4(2)3;/h1-2H2,(H,5,6)(H,7,8);1H2,2-3H3;1H3. The van der Waals surface area contributed by atoms with E-state index in [1.807, 2.05) is 13.8 Å². The number of rotatable bonds is 3. The third-order valence-electron chi connectivity index (χ3n) is 0.553. The molecule has 0 aliphatic carbocycles. The maximum Gasteiger partial charge on any atom is 0.303 e. The Morgan fingerprint density at radius 3 is 1.31 bits per heavy atom. The molecule has 0 atom stereocenters. The Labute approximate surface area is 77.7 Å². The second kappa shape index (κ2) is 10.6. The molecule has 0 radical (unpaired) electrons. The van der Waals surface area contributed by atoms with Gasteiger partial charge in [0.15, 0.2) is 0 Å². The summed E-state index contributed by atoms with van der Waals surface area (Å²) in [7, 11) is 0. The van der Waals surface area contributed by atoms with Crippen LogP contribution in [0.15, 0.2) is 12.2 Å². The summed E-state index contributed by atoms with van der Waals surface area (Å²) in [6.07, 6.45) is -0.593. The van der Waals surface area contributed by atoms with E-state index in [1.54, 1.807) is 0 Å². The topological polar surface area (TPSA) is 110 Å². The van der Waals surface area contributed by atoms with Gasteiger partial charge in [0.2, 0.25) is 0 Å². The van der Waals surface area contributed by atoms with Gasteiger partial charge in [-0.3, -0.25) is 9.59 Å². The van der Waals surface area contributed by atoms with Crippen molar-refractivity contribution in [1.29, 1.82) is 0 Å². The molecule has 0 amide bonds. The van der Waals surface area contributed by atoms with Crippen molar-refractivity contribution in [2.75, 3.05) is 0 Å². The maximum absolute atomic E-state index is 9.64. The number of carbonyl (C=O) groups is 2. The Balaban J connectivity index is -0.000000173. The van der Waals surface area contributed by atoms with E-state index in [4.69, 9.17) is 10.2 Å². The molecular formula is C8H17NO4. The summed E-state index contributed by atoms with van der Waals surface area (Å²) in [5.41, 5.74) is 1.17. The Morgan fingerprint density at radius 2 is 1.23 bits per heavy atom. The summed E-state index contributed by atoms with van der Waals surface area (Å²) in [5, 5.41) is 15.8. The van der Waals surface area contributed by atoms with E-state index >= 15 is 0 Å². The molecule has 5 N–H and O–H groups in total. The summed E-state index contributed by atoms with van der Waals surface area (Å²) >= 11 is 0. The molecule has 13 heavy (non-hydrogen) atoms. The lowest BCUT2D eigenvalue weighted by Gasteiger charge is -1.85. The molecule has 0 bridgehead atoms. The molecule has 5 nitrogen and oxygen atoms in total. The van der Waals surface area contributed by atoms with Gasteiger partial charge in [0.05, 0.1) is 12.8 Å². The summed E-state index contributed by atoms with van der Waals surface area (Å²) in [6.45, 7) is 7.50. The second-order valence-electron chi connectivity index (χ2n) is 2.49. The number of allylic oxidation sites excluding steroid dienone is 1. The molecule has 0 heterocycles. The van der Waals surface area contributed by atoms with Gasteiger partial charge in [-0.2, -0.15) is 0 Å². The van der Waals surface area contributed by atoms with Crippen LogP contribution in [-0.4, -0.2) is 22.2 Å². The molecule has 0 aromatic rings. The highest BCUT2D eigenvalue weighted by Gasteiger charge is 2.00. The van der Waals surface area contributed by atoms with E-state index in [0.717, 1.165) is 0 Å². The summed E-state index contributed by atoms with van der Waals surface area (Å²) in [6, 6.07) is 0. The first-order valence-corrected chi connectivity index (χ1v) is 3.42. The van der Waals surface area contributed by atoms with Gasteiger partial charge in [-0.1, -0.05) is 5.57 Å². The van der Waals surface area contributed by atoms with Crippen molar-refractivity contribution in [2.45, 2.75) is 26.7 Å². The molecule has 0 aromatic carbocycles. The zero-order valence-corrected chi connectivity index (χ0v) is 8.04. The molecular weight excluding hydrogens is 174 g/mol. The third kappa shape index (κ3) is 59.9. The van der Waals surface area contributed by atoms with Crippen molar-refractivity contribution < 1.29 is 19.8 Å². The molecule has 0 aliphatic rings. The monoisotopic (exact) mass is 191 g/mol. The fraction of sp³-hybridized carbons (Fsp3) is 0.500. The van der Waals surface area contributed by atoms with Crippen molar-refractivity contribution in [3.8, 4) is 0 Å². The van der Waals surface area contributed by atoms with Gasteiger partial charge in [-0.25, -0.2) is 0 Å². The van der Waals surface area contributed by atoms with E-state index < -0.39 is 11.9 Å². The van der Waals surface area contributed by atoms with Gasteiger partial charge in [0.1, 0.15) is 0 Å². The fourth-order valence-electron chi connectivity index (χ4n) is 0.214. The maximum atomic E-state index is 9.64. The van der Waals surface area contributed by atoms with Gasteiger partial charge in [0, 0.05) is 0 Å². The molecule has 78 valence electrons. The van der Waals surface area contributed by atoms with Crippen LogP contribution in [0, 0.1) is 0 Å². The van der Waals surface area contributed by atoms with Crippen LogP contribution in [0.3, 0.4) is 0 Å². The molecule has 0 saturated carbocycles. The van der Waals surface area contributed by atoms with Crippen LogP contribution < -0.4 is 6.15 Å². The largest absolute Gasteiger partial charge is 0.481 e. The normalized spacial score (nSPS) is 7.23. The summed E-state index contributed by atoms with van der Waals surface area (Å²) in [4.78, 5) is 19.3. The average Bonchev–Trinajstić information content (AvgIpc) is 1.82. The number of carboxylic acid groups (broad SMARTS) is 2. The van der Waals surface area contributed by atoms with Crippen molar-refractivity contribution >= 4 is 11.9 Å². The van der Waals surface area contributed by atoms with Crippen molar-refractivity contribution in [2.24, 2.45) is 0 Å². The van der Waals surface area contributed by atoms with E-state index in [9.17, 15) is 9.59 Å². The first kappa shape index (κ1) is 17.7. The van der Waals surface area contributed by atoms with Crippen molar-refractivity contribution in [3.05, 3.63) is 12.2 Å². The minimum absolute atomic E-state index is 0. The predicted octanol–water partition coefficient (Wildman–Crippen LogP) is 1.68. The molecule has 0 spiro atoms. The number of aliphatic carboxylic acids is 2. The lowest BCUT2D eigenvalue weighted by molar-refractivity contribution is -0.143. The van der Waals surface area contributed by atoms with Gasteiger partial charge in [0.25, 0.3) is 0 Å². The lowest BCUT2D eigenvalue weighted by atomic mass is 10.3. The van der Waals surface area contributed by atoms with E-state index in [2.05, 4.69) is 6.58 Å². The molecule has 5 heteroatoms. The van der Waals surface area contributed by atoms with Crippen LogP contribution in [0.4, 0.5) is 0 Å². The second-order valence-corrected chi connectivity index (χ2v) is 2.49. The highest BCUT2D eigenvalue weighted by atomic mass is 16.4. The Morgan fingerprint density at radius 1 is 1.08 bits per heavy atom. The smallest absolute Gasteiger partial charge is 0.303 e. The van der Waals surface area contributed by atoms with Crippen LogP contribution in [0.5, 0.6) is 0 Å². The fourth-order valence-corrected chi connectivity index (χ4v) is 0.214. The van der Waals surface area contributed by atoms with E-state index in [0.29, 0.717) is 0 Å². The quantitative estimate of drug-likeness (QED) is 0.588. The first-order valence-electron chi connectivity index (χ1n) is 3.42. The molecule has 0 unspecified atom stereocenters. The summed E-state index contributed by atoms with van der Waals surface area (Å²) < 4.78 is 0. The van der Waals surface area contributed by atoms with Gasteiger partial charge in [-0.05, 0) is 13.8 Å². The average molecular weight is 191 g/mol. The molecule has 0 aliphatic heterocycles. The van der Waals surface area contributed by atoms with Crippen LogP contribution in [0.1, 0.15) is 26.7 Å². The number of hydrogen-bond acceptors (Lipinski definition) is 3. The van der Waals surface area contributed by atoms with Crippen LogP contribution in [-0.2, 0) is 9.59 Å². The minimum Gasteiger partial charge on any atom is -0.481 e.